The van der Waals surface area contributed by atoms with Gasteiger partial charge in [0.05, 0.1) is 4.92 Å². The Labute approximate surface area is 125 Å². The zero-order valence-corrected chi connectivity index (χ0v) is 12.3. The highest BCUT2D eigenvalue weighted by Crippen LogP contribution is 2.22. The summed E-state index contributed by atoms with van der Waals surface area (Å²) in [6.07, 6.45) is 4.51. The van der Waals surface area contributed by atoms with Gasteiger partial charge in [0.25, 0.3) is 5.69 Å². The second-order valence-corrected chi connectivity index (χ2v) is 5.18. The van der Waals surface area contributed by atoms with E-state index >= 15 is 0 Å². The first-order chi connectivity index (χ1) is 9.66. The highest BCUT2D eigenvalue weighted by Gasteiger charge is 2.08. The molecule has 104 valence electrons. The number of nitro groups is 1. The van der Waals surface area contributed by atoms with Gasteiger partial charge in [-0.1, -0.05) is 22.0 Å². The lowest BCUT2D eigenvalue weighted by atomic mass is 10.2. The van der Waals surface area contributed by atoms with Crippen molar-refractivity contribution >= 4 is 21.6 Å². The van der Waals surface area contributed by atoms with Gasteiger partial charge in [-0.15, -0.1) is 0 Å². The summed E-state index contributed by atoms with van der Waals surface area (Å²) in [5.74, 6) is 0. The van der Waals surface area contributed by atoms with Crippen LogP contribution < -0.4 is 5.32 Å². The molecule has 0 aliphatic heterocycles. The minimum absolute atomic E-state index is 0.0935. The Hall–Kier alpha value is -1.79. The van der Waals surface area contributed by atoms with Crippen LogP contribution in [0.25, 0.3) is 0 Å². The molecule has 0 radical (unpaired) electrons. The monoisotopic (exact) mass is 335 g/mol. The number of benzene rings is 1. The Balaban J connectivity index is 1.84. The number of hydrogen-bond donors (Lipinski definition) is 1. The molecule has 1 N–H and O–H groups in total. The van der Waals surface area contributed by atoms with Crippen LogP contribution in [0.3, 0.4) is 0 Å². The number of aromatic nitrogens is 1. The first-order valence-electron chi connectivity index (χ1n) is 6.19. The first kappa shape index (κ1) is 14.6. The van der Waals surface area contributed by atoms with Gasteiger partial charge in [0, 0.05) is 35.5 Å². The fraction of sp³-hybridized carbons (Fsp3) is 0.214. The lowest BCUT2D eigenvalue weighted by Crippen LogP contribution is -2.17. The summed E-state index contributed by atoms with van der Waals surface area (Å²) in [7, 11) is 0. The molecule has 0 fully saturated rings. The highest BCUT2D eigenvalue weighted by molar-refractivity contribution is 9.10. The molecular formula is C14H14BrN3O2. The maximum Gasteiger partial charge on any atom is 0.270 e. The van der Waals surface area contributed by atoms with Crippen LogP contribution >= 0.6 is 15.9 Å². The molecule has 0 bridgehead atoms. The van der Waals surface area contributed by atoms with E-state index in [1.807, 2.05) is 18.3 Å². The molecule has 1 aromatic carbocycles. The average molecular weight is 336 g/mol. The molecule has 5 nitrogen and oxygen atoms in total. The topological polar surface area (TPSA) is 68.1 Å². The smallest absolute Gasteiger partial charge is 0.270 e. The lowest BCUT2D eigenvalue weighted by molar-refractivity contribution is -0.384. The minimum Gasteiger partial charge on any atom is -0.312 e. The molecule has 20 heavy (non-hydrogen) atoms. The average Bonchev–Trinajstić information content (AvgIpc) is 2.46. The van der Waals surface area contributed by atoms with Crippen LogP contribution in [0.5, 0.6) is 0 Å². The zero-order chi connectivity index (χ0) is 14.4. The summed E-state index contributed by atoms with van der Waals surface area (Å²) < 4.78 is 0.751. The van der Waals surface area contributed by atoms with E-state index in [0.717, 1.165) is 23.0 Å². The predicted octanol–water partition coefficient (Wildman–Crippen LogP) is 3.08. The summed E-state index contributed by atoms with van der Waals surface area (Å²) in [6.45, 7) is 1.49. The van der Waals surface area contributed by atoms with Gasteiger partial charge in [-0.05, 0) is 36.2 Å². The van der Waals surface area contributed by atoms with Crippen LogP contribution in [0.1, 0.15) is 11.1 Å². The summed E-state index contributed by atoms with van der Waals surface area (Å²) in [5.41, 5.74) is 2.28. The van der Waals surface area contributed by atoms with Crippen LogP contribution in [0.4, 0.5) is 5.69 Å². The SMILES string of the molecule is O=[N+]([O-])c1ccc(CNCCc2cccnc2)c(Br)c1. The second-order valence-electron chi connectivity index (χ2n) is 4.32. The van der Waals surface area contributed by atoms with Gasteiger partial charge in [-0.3, -0.25) is 15.1 Å². The molecular weight excluding hydrogens is 322 g/mol. The molecule has 1 heterocycles. The number of nitrogens with one attached hydrogen (secondary N) is 1. The van der Waals surface area contributed by atoms with Gasteiger partial charge in [-0.2, -0.15) is 0 Å². The Morgan fingerprint density at radius 3 is 2.85 bits per heavy atom. The number of non-ortho nitro benzene ring substituents is 1. The molecule has 2 aromatic rings. The molecule has 0 atom stereocenters. The molecule has 2 rings (SSSR count). The lowest BCUT2D eigenvalue weighted by Gasteiger charge is -2.07. The van der Waals surface area contributed by atoms with E-state index in [0.29, 0.717) is 6.54 Å². The third-order valence-corrected chi connectivity index (χ3v) is 3.61. The van der Waals surface area contributed by atoms with Crippen LogP contribution in [-0.2, 0) is 13.0 Å². The van der Waals surface area contributed by atoms with Gasteiger partial charge >= 0.3 is 0 Å². The van der Waals surface area contributed by atoms with Crippen molar-refractivity contribution in [2.24, 2.45) is 0 Å². The fourth-order valence-electron chi connectivity index (χ4n) is 1.79. The second kappa shape index (κ2) is 7.12. The summed E-state index contributed by atoms with van der Waals surface area (Å²) in [4.78, 5) is 14.3. The van der Waals surface area contributed by atoms with E-state index in [1.165, 1.54) is 17.7 Å². The maximum atomic E-state index is 10.6. The number of halogens is 1. The maximum absolute atomic E-state index is 10.6. The van der Waals surface area contributed by atoms with Gasteiger partial charge in [0.15, 0.2) is 0 Å². The van der Waals surface area contributed by atoms with E-state index < -0.39 is 4.92 Å². The van der Waals surface area contributed by atoms with Crippen LogP contribution in [-0.4, -0.2) is 16.5 Å². The van der Waals surface area contributed by atoms with Crippen molar-refractivity contribution in [3.8, 4) is 0 Å². The normalized spacial score (nSPS) is 10.4. The number of pyridine rings is 1. The summed E-state index contributed by atoms with van der Waals surface area (Å²) in [6, 6.07) is 8.76. The van der Waals surface area contributed by atoms with Crippen molar-refractivity contribution in [2.75, 3.05) is 6.54 Å². The molecule has 0 saturated heterocycles. The third kappa shape index (κ3) is 4.11. The Bertz CT molecular complexity index is 590. The number of nitrogens with zero attached hydrogens (tertiary/aromatic N) is 2. The van der Waals surface area contributed by atoms with Crippen LogP contribution in [0.15, 0.2) is 47.2 Å². The predicted molar refractivity (Wildman–Crippen MR) is 80.4 cm³/mol. The van der Waals surface area contributed by atoms with Crippen LogP contribution in [0.2, 0.25) is 0 Å². The standard InChI is InChI=1S/C14H14BrN3O2/c15-14-8-13(18(19)20)4-3-12(14)10-17-7-5-11-2-1-6-16-9-11/h1-4,6,8-9,17H,5,7,10H2. The van der Waals surface area contributed by atoms with Gasteiger partial charge in [-0.25, -0.2) is 0 Å². The van der Waals surface area contributed by atoms with Gasteiger partial charge < -0.3 is 5.32 Å². The summed E-state index contributed by atoms with van der Waals surface area (Å²) >= 11 is 3.36. The zero-order valence-electron chi connectivity index (χ0n) is 10.8. The number of hydrogen-bond acceptors (Lipinski definition) is 4. The highest BCUT2D eigenvalue weighted by atomic mass is 79.9. The minimum atomic E-state index is -0.398. The molecule has 0 aliphatic carbocycles. The molecule has 0 amide bonds. The third-order valence-electron chi connectivity index (χ3n) is 2.88. The molecule has 0 aliphatic rings. The van der Waals surface area contributed by atoms with Crippen molar-refractivity contribution in [3.05, 3.63) is 68.4 Å². The van der Waals surface area contributed by atoms with Crippen LogP contribution in [0, 0.1) is 10.1 Å². The van der Waals surface area contributed by atoms with Crippen molar-refractivity contribution in [1.82, 2.24) is 10.3 Å². The summed E-state index contributed by atoms with van der Waals surface area (Å²) in [5, 5.41) is 14.0. The molecule has 0 unspecified atom stereocenters. The number of rotatable bonds is 6. The molecule has 6 heteroatoms. The quantitative estimate of drug-likeness (QED) is 0.500. The number of nitro benzene ring substituents is 1. The molecule has 0 saturated carbocycles. The van der Waals surface area contributed by atoms with E-state index in [9.17, 15) is 10.1 Å². The van der Waals surface area contributed by atoms with Crippen molar-refractivity contribution < 1.29 is 4.92 Å². The van der Waals surface area contributed by atoms with E-state index in [2.05, 4.69) is 26.2 Å². The van der Waals surface area contributed by atoms with Gasteiger partial charge in [0.2, 0.25) is 0 Å². The fourth-order valence-corrected chi connectivity index (χ4v) is 2.30. The molecule has 1 aromatic heterocycles. The largest absolute Gasteiger partial charge is 0.312 e. The van der Waals surface area contributed by atoms with Crippen molar-refractivity contribution in [3.63, 3.8) is 0 Å². The van der Waals surface area contributed by atoms with Crippen molar-refractivity contribution in [2.45, 2.75) is 13.0 Å². The van der Waals surface area contributed by atoms with E-state index in [1.54, 1.807) is 12.3 Å². The Kier molecular flexibility index (Phi) is 5.20. The van der Waals surface area contributed by atoms with E-state index in [-0.39, 0.29) is 5.69 Å². The van der Waals surface area contributed by atoms with Gasteiger partial charge in [0.1, 0.15) is 0 Å². The Morgan fingerprint density at radius 2 is 2.20 bits per heavy atom. The Morgan fingerprint density at radius 1 is 1.35 bits per heavy atom. The van der Waals surface area contributed by atoms with Crippen molar-refractivity contribution in [1.29, 1.82) is 0 Å². The molecule has 0 spiro atoms. The van der Waals surface area contributed by atoms with E-state index in [4.69, 9.17) is 0 Å². The first-order valence-corrected chi connectivity index (χ1v) is 6.98.